The Bertz CT molecular complexity index is 377. The van der Waals surface area contributed by atoms with E-state index in [1.807, 2.05) is 0 Å². The largest absolute Gasteiger partial charge is 0.383 e. The molecule has 1 unspecified atom stereocenters. The summed E-state index contributed by atoms with van der Waals surface area (Å²) in [4.78, 5) is 2.52. The Morgan fingerprint density at radius 3 is 2.35 bits per heavy atom. The lowest BCUT2D eigenvalue weighted by atomic mass is 9.97. The number of nitrogens with zero attached hydrogens (tertiary/aromatic N) is 1. The highest BCUT2D eigenvalue weighted by Crippen LogP contribution is 2.26. The molecule has 2 N–H and O–H groups in total. The first-order chi connectivity index (χ1) is 9.69. The zero-order valence-corrected chi connectivity index (χ0v) is 13.4. The van der Waals surface area contributed by atoms with Gasteiger partial charge >= 0.3 is 0 Å². The van der Waals surface area contributed by atoms with Gasteiger partial charge in [-0.3, -0.25) is 4.90 Å². The molecule has 0 amide bonds. The molecular weight excluding hydrogens is 248 g/mol. The summed E-state index contributed by atoms with van der Waals surface area (Å²) in [5.74, 6) is 0. The molecule has 0 fully saturated rings. The number of hydrogen-bond donors (Lipinski definition) is 1. The summed E-state index contributed by atoms with van der Waals surface area (Å²) in [6.07, 6.45) is 2.28. The van der Waals surface area contributed by atoms with Crippen LogP contribution in [0.2, 0.25) is 0 Å². The van der Waals surface area contributed by atoms with Crippen LogP contribution in [0.25, 0.3) is 0 Å². The molecule has 1 rings (SSSR count). The first-order valence-corrected chi connectivity index (χ1v) is 7.69. The van der Waals surface area contributed by atoms with Crippen LogP contribution in [0.1, 0.15) is 43.9 Å². The summed E-state index contributed by atoms with van der Waals surface area (Å²) in [7, 11) is 1.76. The number of nitrogens with two attached hydrogens (primary N) is 1. The molecule has 114 valence electrons. The van der Waals surface area contributed by atoms with Crippen molar-refractivity contribution in [2.24, 2.45) is 5.73 Å². The van der Waals surface area contributed by atoms with Gasteiger partial charge in [0.05, 0.1) is 6.61 Å². The lowest BCUT2D eigenvalue weighted by molar-refractivity contribution is 0.0815. The molecule has 0 radical (unpaired) electrons. The maximum Gasteiger partial charge on any atom is 0.0590 e. The highest BCUT2D eigenvalue weighted by Gasteiger charge is 2.25. The summed E-state index contributed by atoms with van der Waals surface area (Å²) in [5, 5.41) is 0. The van der Waals surface area contributed by atoms with Crippen LogP contribution in [0.4, 0.5) is 0 Å². The first kappa shape index (κ1) is 17.2. The molecule has 0 heterocycles. The molecule has 0 aromatic heterocycles. The zero-order chi connectivity index (χ0) is 15.0. The van der Waals surface area contributed by atoms with Gasteiger partial charge in [0.2, 0.25) is 0 Å². The highest BCUT2D eigenvalue weighted by atomic mass is 16.5. The van der Waals surface area contributed by atoms with Crippen LogP contribution in [-0.2, 0) is 4.74 Å². The topological polar surface area (TPSA) is 38.5 Å². The van der Waals surface area contributed by atoms with Crippen molar-refractivity contribution in [1.82, 2.24) is 4.90 Å². The lowest BCUT2D eigenvalue weighted by Crippen LogP contribution is -2.43. The fourth-order valence-electron chi connectivity index (χ4n) is 2.95. The van der Waals surface area contributed by atoms with Crippen molar-refractivity contribution < 1.29 is 4.74 Å². The Balaban J connectivity index is 3.03. The van der Waals surface area contributed by atoms with Crippen molar-refractivity contribution in [2.45, 2.75) is 45.7 Å². The third kappa shape index (κ3) is 4.30. The van der Waals surface area contributed by atoms with E-state index in [0.29, 0.717) is 12.6 Å². The van der Waals surface area contributed by atoms with Gasteiger partial charge in [0.25, 0.3) is 0 Å². The lowest BCUT2D eigenvalue weighted by Gasteiger charge is -2.37. The van der Waals surface area contributed by atoms with Gasteiger partial charge in [-0.1, -0.05) is 38.1 Å². The van der Waals surface area contributed by atoms with Crippen LogP contribution >= 0.6 is 0 Å². The third-order valence-corrected chi connectivity index (χ3v) is 4.14. The fraction of sp³-hybridized carbons (Fsp3) is 0.647. The molecule has 20 heavy (non-hydrogen) atoms. The van der Waals surface area contributed by atoms with Crippen LogP contribution in [0.5, 0.6) is 0 Å². The molecule has 0 aliphatic carbocycles. The second-order valence-electron chi connectivity index (χ2n) is 5.31. The molecule has 1 atom stereocenters. The summed E-state index contributed by atoms with van der Waals surface area (Å²) >= 11 is 0. The number of ether oxygens (including phenoxy) is 1. The third-order valence-electron chi connectivity index (χ3n) is 4.14. The van der Waals surface area contributed by atoms with Crippen molar-refractivity contribution in [3.05, 3.63) is 35.4 Å². The van der Waals surface area contributed by atoms with E-state index < -0.39 is 0 Å². The van der Waals surface area contributed by atoms with Crippen molar-refractivity contribution in [3.8, 4) is 0 Å². The molecule has 0 bridgehead atoms. The second-order valence-corrected chi connectivity index (χ2v) is 5.31. The summed E-state index contributed by atoms with van der Waals surface area (Å²) in [6, 6.07) is 9.39. The van der Waals surface area contributed by atoms with Crippen molar-refractivity contribution >= 4 is 0 Å². The van der Waals surface area contributed by atoms with Crippen molar-refractivity contribution in [1.29, 1.82) is 0 Å². The summed E-state index contributed by atoms with van der Waals surface area (Å²) in [5.41, 5.74) is 8.77. The van der Waals surface area contributed by atoms with Gasteiger partial charge in [0.15, 0.2) is 0 Å². The van der Waals surface area contributed by atoms with Crippen LogP contribution in [0.3, 0.4) is 0 Å². The summed E-state index contributed by atoms with van der Waals surface area (Å²) in [6.45, 7) is 8.99. The molecule has 0 saturated carbocycles. The minimum Gasteiger partial charge on any atom is -0.383 e. The van der Waals surface area contributed by atoms with Crippen LogP contribution < -0.4 is 5.73 Å². The maximum absolute atomic E-state index is 6.11. The smallest absolute Gasteiger partial charge is 0.0590 e. The van der Waals surface area contributed by atoms with Crippen molar-refractivity contribution in [2.75, 3.05) is 26.8 Å². The molecule has 3 heteroatoms. The monoisotopic (exact) mass is 278 g/mol. The molecule has 1 aromatic carbocycles. The van der Waals surface area contributed by atoms with Gasteiger partial charge in [-0.05, 0) is 30.9 Å². The van der Waals surface area contributed by atoms with E-state index in [1.165, 1.54) is 11.1 Å². The quantitative estimate of drug-likeness (QED) is 0.754. The number of hydrogen-bond acceptors (Lipinski definition) is 3. The molecule has 0 aliphatic heterocycles. The number of rotatable bonds is 9. The minimum atomic E-state index is 0.274. The molecular formula is C17H30N2O. The SMILES string of the molecule is CCC(CC)N(CCOC)C(CN)c1ccccc1C. The van der Waals surface area contributed by atoms with Gasteiger partial charge in [-0.2, -0.15) is 0 Å². The Labute approximate surface area is 124 Å². The Morgan fingerprint density at radius 2 is 1.85 bits per heavy atom. The average Bonchev–Trinajstić information content (AvgIpc) is 2.47. The van der Waals surface area contributed by atoms with Gasteiger partial charge in [0.1, 0.15) is 0 Å². The standard InChI is InChI=1S/C17H30N2O/c1-5-15(6-2)19(11-12-20-4)17(13-18)16-10-8-7-9-14(16)3/h7-10,15,17H,5-6,11-13,18H2,1-4H3. The number of methoxy groups -OCH3 is 1. The molecule has 0 aliphatic rings. The van der Waals surface area contributed by atoms with Crippen molar-refractivity contribution in [3.63, 3.8) is 0 Å². The molecule has 3 nitrogen and oxygen atoms in total. The molecule has 0 spiro atoms. The Morgan fingerprint density at radius 1 is 1.20 bits per heavy atom. The Kier molecular flexibility index (Phi) is 7.82. The van der Waals surface area contributed by atoms with E-state index in [4.69, 9.17) is 10.5 Å². The van der Waals surface area contributed by atoms with Gasteiger partial charge < -0.3 is 10.5 Å². The van der Waals surface area contributed by atoms with Crippen LogP contribution in [-0.4, -0.2) is 37.7 Å². The van der Waals surface area contributed by atoms with Crippen LogP contribution in [0.15, 0.2) is 24.3 Å². The predicted octanol–water partition coefficient (Wildman–Crippen LogP) is 3.13. The average molecular weight is 278 g/mol. The summed E-state index contributed by atoms with van der Waals surface area (Å²) < 4.78 is 5.29. The molecule has 0 saturated heterocycles. The Hall–Kier alpha value is -0.900. The van der Waals surface area contributed by atoms with Gasteiger partial charge in [-0.15, -0.1) is 0 Å². The van der Waals surface area contributed by atoms with E-state index in [-0.39, 0.29) is 6.04 Å². The fourth-order valence-corrected chi connectivity index (χ4v) is 2.95. The second kappa shape index (κ2) is 9.11. The predicted molar refractivity (Wildman–Crippen MR) is 85.9 cm³/mol. The van der Waals surface area contributed by atoms with Gasteiger partial charge in [-0.25, -0.2) is 0 Å². The number of benzene rings is 1. The van der Waals surface area contributed by atoms with E-state index in [9.17, 15) is 0 Å². The van der Waals surface area contributed by atoms with E-state index in [1.54, 1.807) is 7.11 Å². The normalized spacial score (nSPS) is 13.2. The van der Waals surface area contributed by atoms with E-state index in [2.05, 4.69) is 49.9 Å². The van der Waals surface area contributed by atoms with Gasteiger partial charge in [0, 0.05) is 32.3 Å². The maximum atomic E-state index is 6.11. The zero-order valence-electron chi connectivity index (χ0n) is 13.4. The first-order valence-electron chi connectivity index (χ1n) is 7.69. The van der Waals surface area contributed by atoms with E-state index >= 15 is 0 Å². The van der Waals surface area contributed by atoms with E-state index in [0.717, 1.165) is 26.0 Å². The molecule has 1 aromatic rings. The highest BCUT2D eigenvalue weighted by molar-refractivity contribution is 5.29. The minimum absolute atomic E-state index is 0.274. The number of aryl methyl sites for hydroxylation is 1. The van der Waals surface area contributed by atoms with Crippen LogP contribution in [0, 0.1) is 6.92 Å².